The second-order valence-corrected chi connectivity index (χ2v) is 7.91. The van der Waals surface area contributed by atoms with Gasteiger partial charge in [0.15, 0.2) is 5.96 Å². The number of rotatable bonds is 8. The van der Waals surface area contributed by atoms with Gasteiger partial charge in [-0.25, -0.2) is 9.38 Å². The maximum atomic E-state index is 13.2. The molecule has 2 aromatic carbocycles. The van der Waals surface area contributed by atoms with Crippen LogP contribution >= 0.6 is 0 Å². The van der Waals surface area contributed by atoms with E-state index in [0.29, 0.717) is 31.4 Å². The molecule has 0 aliphatic carbocycles. The van der Waals surface area contributed by atoms with E-state index in [4.69, 9.17) is 4.74 Å². The van der Waals surface area contributed by atoms with E-state index in [1.54, 1.807) is 6.07 Å². The maximum absolute atomic E-state index is 13.2. The molecule has 1 amide bonds. The fraction of sp³-hybridized carbons (Fsp3) is 0.391. The Morgan fingerprint density at radius 1 is 1.07 bits per heavy atom. The van der Waals surface area contributed by atoms with Gasteiger partial charge >= 0.3 is 0 Å². The number of halogens is 1. The van der Waals surface area contributed by atoms with Gasteiger partial charge in [0.05, 0.1) is 13.1 Å². The Balaban J connectivity index is 1.86. The van der Waals surface area contributed by atoms with Crippen LogP contribution in [0.1, 0.15) is 38.8 Å². The summed E-state index contributed by atoms with van der Waals surface area (Å²) < 4.78 is 18.9. The highest BCUT2D eigenvalue weighted by molar-refractivity contribution is 5.86. The number of benzene rings is 2. The van der Waals surface area contributed by atoms with Gasteiger partial charge in [0.25, 0.3) is 0 Å². The second-order valence-electron chi connectivity index (χ2n) is 7.91. The number of amides is 1. The average Bonchev–Trinajstić information content (AvgIpc) is 2.68. The summed E-state index contributed by atoms with van der Waals surface area (Å²) in [7, 11) is 0. The zero-order valence-corrected chi connectivity index (χ0v) is 18.1. The monoisotopic (exact) mass is 414 g/mol. The van der Waals surface area contributed by atoms with Crippen molar-refractivity contribution >= 4 is 11.9 Å². The molecular weight excluding hydrogens is 383 g/mol. The first-order chi connectivity index (χ1) is 14.2. The van der Waals surface area contributed by atoms with E-state index < -0.39 is 0 Å². The molecule has 0 aliphatic heterocycles. The van der Waals surface area contributed by atoms with Crippen LogP contribution in [0.15, 0.2) is 53.5 Å². The number of hydrogen-bond acceptors (Lipinski definition) is 3. The van der Waals surface area contributed by atoms with Gasteiger partial charge in [-0.1, -0.05) is 24.3 Å². The number of nitrogens with one attached hydrogen (secondary N) is 3. The number of aliphatic imine (C=N–C) groups is 1. The Morgan fingerprint density at radius 3 is 2.43 bits per heavy atom. The first kappa shape index (κ1) is 23.2. The van der Waals surface area contributed by atoms with Crippen LogP contribution in [0.5, 0.6) is 5.75 Å². The van der Waals surface area contributed by atoms with Crippen LogP contribution in [-0.2, 0) is 17.9 Å². The van der Waals surface area contributed by atoms with Crippen molar-refractivity contribution in [2.24, 2.45) is 4.99 Å². The lowest BCUT2D eigenvalue weighted by Crippen LogP contribution is -2.48. The van der Waals surface area contributed by atoms with Crippen LogP contribution in [0.3, 0.4) is 0 Å². The lowest BCUT2D eigenvalue weighted by atomic mass is 10.1. The quantitative estimate of drug-likeness (QED) is 0.457. The van der Waals surface area contributed by atoms with Crippen molar-refractivity contribution in [2.75, 3.05) is 13.1 Å². The molecule has 0 fully saturated rings. The predicted molar refractivity (Wildman–Crippen MR) is 118 cm³/mol. The minimum Gasteiger partial charge on any atom is -0.489 e. The number of ether oxygens (including phenoxy) is 1. The number of hydrogen-bond donors (Lipinski definition) is 3. The topological polar surface area (TPSA) is 74.8 Å². The van der Waals surface area contributed by atoms with E-state index in [-0.39, 0.29) is 23.8 Å². The highest BCUT2D eigenvalue weighted by atomic mass is 19.1. The Hall–Kier alpha value is -3.09. The van der Waals surface area contributed by atoms with Crippen molar-refractivity contribution in [1.29, 1.82) is 0 Å². The van der Waals surface area contributed by atoms with E-state index in [0.717, 1.165) is 11.1 Å². The number of nitrogens with zero attached hydrogens (tertiary/aromatic N) is 1. The first-order valence-electron chi connectivity index (χ1n) is 10.0. The molecule has 2 aromatic rings. The van der Waals surface area contributed by atoms with Crippen molar-refractivity contribution in [3.8, 4) is 5.75 Å². The Bertz CT molecular complexity index is 845. The molecule has 0 aromatic heterocycles. The van der Waals surface area contributed by atoms with Crippen LogP contribution in [-0.4, -0.2) is 30.5 Å². The van der Waals surface area contributed by atoms with Crippen LogP contribution < -0.4 is 20.7 Å². The molecule has 3 N–H and O–H groups in total. The molecule has 0 saturated heterocycles. The Labute approximate surface area is 177 Å². The summed E-state index contributed by atoms with van der Waals surface area (Å²) in [6, 6.07) is 13.9. The molecule has 0 bridgehead atoms. The molecule has 7 heteroatoms. The van der Waals surface area contributed by atoms with Gasteiger partial charge in [-0.2, -0.15) is 0 Å². The fourth-order valence-electron chi connectivity index (χ4n) is 2.62. The minimum atomic E-state index is -0.273. The maximum Gasteiger partial charge on any atom is 0.239 e. The largest absolute Gasteiger partial charge is 0.489 e. The summed E-state index contributed by atoms with van der Waals surface area (Å²) in [6.45, 7) is 9.40. The standard InChI is InChI=1S/C23H31FN4O2/c1-5-25-22(27-15-21(29)28-23(2,3)4)26-14-17-9-11-20(12-10-17)30-16-18-7-6-8-19(24)13-18/h6-13H,5,14-16H2,1-4H3,(H,28,29)(H2,25,26,27). The van der Waals surface area contributed by atoms with Gasteiger partial charge < -0.3 is 20.7 Å². The van der Waals surface area contributed by atoms with E-state index in [1.807, 2.05) is 58.0 Å². The van der Waals surface area contributed by atoms with Crippen molar-refractivity contribution in [3.63, 3.8) is 0 Å². The lowest BCUT2D eigenvalue weighted by Gasteiger charge is -2.21. The van der Waals surface area contributed by atoms with Gasteiger partial charge in [0, 0.05) is 12.1 Å². The molecule has 0 unspecified atom stereocenters. The van der Waals surface area contributed by atoms with Gasteiger partial charge in [-0.05, 0) is 63.1 Å². The first-order valence-corrected chi connectivity index (χ1v) is 10.0. The summed E-state index contributed by atoms with van der Waals surface area (Å²) in [5.41, 5.74) is 1.51. The molecule has 30 heavy (non-hydrogen) atoms. The lowest BCUT2D eigenvalue weighted by molar-refractivity contribution is -0.121. The van der Waals surface area contributed by atoms with E-state index >= 15 is 0 Å². The SMILES string of the molecule is CCNC(=NCc1ccc(OCc2cccc(F)c2)cc1)NCC(=O)NC(C)(C)C. The molecule has 0 atom stereocenters. The molecule has 2 rings (SSSR count). The molecular formula is C23H31FN4O2. The number of carbonyl (C=O) groups excluding carboxylic acids is 1. The van der Waals surface area contributed by atoms with Gasteiger partial charge in [0.1, 0.15) is 18.2 Å². The minimum absolute atomic E-state index is 0.0899. The fourth-order valence-corrected chi connectivity index (χ4v) is 2.62. The summed E-state index contributed by atoms with van der Waals surface area (Å²) in [4.78, 5) is 16.5. The number of guanidine groups is 1. The average molecular weight is 415 g/mol. The third kappa shape index (κ3) is 8.94. The molecule has 0 spiro atoms. The van der Waals surface area contributed by atoms with Crippen LogP contribution in [0.25, 0.3) is 0 Å². The van der Waals surface area contributed by atoms with Crippen molar-refractivity contribution in [2.45, 2.75) is 46.4 Å². The Morgan fingerprint density at radius 2 is 1.80 bits per heavy atom. The van der Waals surface area contributed by atoms with E-state index in [1.165, 1.54) is 12.1 Å². The van der Waals surface area contributed by atoms with Gasteiger partial charge in [-0.15, -0.1) is 0 Å². The number of carbonyl (C=O) groups is 1. The van der Waals surface area contributed by atoms with Crippen LogP contribution in [0.2, 0.25) is 0 Å². The second kappa shape index (κ2) is 11.2. The van der Waals surface area contributed by atoms with Crippen molar-refractivity contribution in [1.82, 2.24) is 16.0 Å². The van der Waals surface area contributed by atoms with Crippen LogP contribution in [0, 0.1) is 5.82 Å². The predicted octanol–water partition coefficient (Wildman–Crippen LogP) is 3.37. The van der Waals surface area contributed by atoms with Crippen molar-refractivity contribution in [3.05, 3.63) is 65.5 Å². The van der Waals surface area contributed by atoms with Crippen molar-refractivity contribution < 1.29 is 13.9 Å². The summed E-state index contributed by atoms with van der Waals surface area (Å²) in [5, 5.41) is 9.07. The molecule has 0 aliphatic rings. The highest BCUT2D eigenvalue weighted by Gasteiger charge is 2.13. The molecule has 0 heterocycles. The summed E-state index contributed by atoms with van der Waals surface area (Å²) in [6.07, 6.45) is 0. The molecule has 6 nitrogen and oxygen atoms in total. The normalized spacial score (nSPS) is 11.7. The highest BCUT2D eigenvalue weighted by Crippen LogP contribution is 2.15. The zero-order chi connectivity index (χ0) is 22.0. The molecule has 0 saturated carbocycles. The van der Waals surface area contributed by atoms with E-state index in [9.17, 15) is 9.18 Å². The summed E-state index contributed by atoms with van der Waals surface area (Å²) >= 11 is 0. The van der Waals surface area contributed by atoms with Crippen LogP contribution in [0.4, 0.5) is 4.39 Å². The third-order valence-electron chi connectivity index (χ3n) is 3.91. The van der Waals surface area contributed by atoms with Gasteiger partial charge in [-0.3, -0.25) is 4.79 Å². The summed E-state index contributed by atoms with van der Waals surface area (Å²) in [5.74, 6) is 0.919. The molecule has 162 valence electrons. The smallest absolute Gasteiger partial charge is 0.239 e. The third-order valence-corrected chi connectivity index (χ3v) is 3.91. The molecule has 0 radical (unpaired) electrons. The Kier molecular flexibility index (Phi) is 8.65. The zero-order valence-electron chi connectivity index (χ0n) is 18.1. The van der Waals surface area contributed by atoms with E-state index in [2.05, 4.69) is 20.9 Å². The van der Waals surface area contributed by atoms with Gasteiger partial charge in [0.2, 0.25) is 5.91 Å².